The van der Waals surface area contributed by atoms with E-state index in [1.807, 2.05) is 12.1 Å². The van der Waals surface area contributed by atoms with Crippen LogP contribution in [0.1, 0.15) is 18.2 Å². The summed E-state index contributed by atoms with van der Waals surface area (Å²) in [5.74, 6) is -0.464. The number of ether oxygens (including phenoxy) is 1. The molecule has 23 heavy (non-hydrogen) atoms. The van der Waals surface area contributed by atoms with E-state index in [4.69, 9.17) is 9.15 Å². The van der Waals surface area contributed by atoms with E-state index in [9.17, 15) is 9.59 Å². The molecule has 1 aromatic carbocycles. The van der Waals surface area contributed by atoms with Gasteiger partial charge in [0.05, 0.1) is 25.6 Å². The topological polar surface area (TPSA) is 92.9 Å². The standard InChI is InChI=1S/C16H17N3O4/c1-11(13-7-3-4-8-14(13)22-2)18-19-16(21)15(20)17-10-12-6-5-9-23-12/h3-9H,10H2,1-2H3,(H,17,20)(H,19,21)/b18-11-. The van der Waals surface area contributed by atoms with Crippen molar-refractivity contribution in [3.63, 3.8) is 0 Å². The average Bonchev–Trinajstić information content (AvgIpc) is 3.10. The normalized spacial score (nSPS) is 11.0. The lowest BCUT2D eigenvalue weighted by Gasteiger charge is -2.07. The molecule has 0 saturated heterocycles. The quantitative estimate of drug-likeness (QED) is 0.496. The van der Waals surface area contributed by atoms with Gasteiger partial charge in [-0.2, -0.15) is 5.10 Å². The first-order valence-corrected chi connectivity index (χ1v) is 6.90. The summed E-state index contributed by atoms with van der Waals surface area (Å²) in [4.78, 5) is 23.4. The maximum Gasteiger partial charge on any atom is 0.329 e. The summed E-state index contributed by atoms with van der Waals surface area (Å²) in [6.45, 7) is 1.84. The molecule has 0 spiro atoms. The molecule has 0 aliphatic rings. The molecule has 2 N–H and O–H groups in total. The fourth-order valence-electron chi connectivity index (χ4n) is 1.85. The molecular weight excluding hydrogens is 298 g/mol. The molecule has 0 bridgehead atoms. The molecule has 0 aliphatic carbocycles. The molecule has 7 nitrogen and oxygen atoms in total. The highest BCUT2D eigenvalue weighted by atomic mass is 16.5. The van der Waals surface area contributed by atoms with Crippen LogP contribution in [-0.2, 0) is 16.1 Å². The number of para-hydroxylation sites is 1. The average molecular weight is 315 g/mol. The summed E-state index contributed by atoms with van der Waals surface area (Å²) in [5, 5.41) is 6.35. The van der Waals surface area contributed by atoms with Crippen LogP contribution in [0.25, 0.3) is 0 Å². The van der Waals surface area contributed by atoms with E-state index in [1.165, 1.54) is 6.26 Å². The summed E-state index contributed by atoms with van der Waals surface area (Å²) in [6, 6.07) is 10.6. The van der Waals surface area contributed by atoms with E-state index in [0.29, 0.717) is 17.2 Å². The Morgan fingerprint density at radius 2 is 1.96 bits per heavy atom. The van der Waals surface area contributed by atoms with Crippen LogP contribution in [-0.4, -0.2) is 24.6 Å². The van der Waals surface area contributed by atoms with E-state index in [-0.39, 0.29) is 6.54 Å². The van der Waals surface area contributed by atoms with Gasteiger partial charge in [-0.3, -0.25) is 9.59 Å². The lowest BCUT2D eigenvalue weighted by atomic mass is 10.1. The van der Waals surface area contributed by atoms with Gasteiger partial charge in [0.2, 0.25) is 0 Å². The number of furan rings is 1. The van der Waals surface area contributed by atoms with Crippen molar-refractivity contribution in [1.82, 2.24) is 10.7 Å². The number of carbonyl (C=O) groups is 2. The molecule has 1 aromatic heterocycles. The Morgan fingerprint density at radius 1 is 1.17 bits per heavy atom. The Labute approximate surface area is 133 Å². The number of methoxy groups -OCH3 is 1. The number of rotatable bonds is 5. The van der Waals surface area contributed by atoms with Crippen LogP contribution in [0.2, 0.25) is 0 Å². The minimum absolute atomic E-state index is 0.133. The minimum atomic E-state index is -0.856. The van der Waals surface area contributed by atoms with Gasteiger partial charge in [0, 0.05) is 5.56 Å². The van der Waals surface area contributed by atoms with Gasteiger partial charge in [-0.05, 0) is 31.2 Å². The maximum absolute atomic E-state index is 11.7. The number of amides is 2. The monoisotopic (exact) mass is 315 g/mol. The molecule has 0 radical (unpaired) electrons. The van der Waals surface area contributed by atoms with Crippen LogP contribution in [0.4, 0.5) is 0 Å². The summed E-state index contributed by atoms with van der Waals surface area (Å²) in [5.41, 5.74) is 3.46. The molecule has 0 saturated carbocycles. The molecule has 7 heteroatoms. The third-order valence-corrected chi connectivity index (χ3v) is 3.03. The zero-order valence-electron chi connectivity index (χ0n) is 12.8. The van der Waals surface area contributed by atoms with Crippen molar-refractivity contribution < 1.29 is 18.7 Å². The number of hydrazone groups is 1. The molecule has 2 aromatic rings. The van der Waals surface area contributed by atoms with Crippen LogP contribution in [0.5, 0.6) is 5.75 Å². The fourth-order valence-corrected chi connectivity index (χ4v) is 1.85. The number of carbonyl (C=O) groups excluding carboxylic acids is 2. The Bertz CT molecular complexity index is 708. The van der Waals surface area contributed by atoms with Crippen LogP contribution < -0.4 is 15.5 Å². The first-order chi connectivity index (χ1) is 11.1. The smallest absolute Gasteiger partial charge is 0.329 e. The number of hydrogen-bond donors (Lipinski definition) is 2. The van der Waals surface area contributed by atoms with E-state index >= 15 is 0 Å². The van der Waals surface area contributed by atoms with Crippen LogP contribution in [0.3, 0.4) is 0 Å². The summed E-state index contributed by atoms with van der Waals surface area (Å²) >= 11 is 0. The molecule has 0 atom stereocenters. The fraction of sp³-hybridized carbons (Fsp3) is 0.188. The van der Waals surface area contributed by atoms with Crippen molar-refractivity contribution in [3.05, 3.63) is 54.0 Å². The number of benzene rings is 1. The molecule has 1 heterocycles. The SMILES string of the molecule is COc1ccccc1/C(C)=N\NC(=O)C(=O)NCc1ccco1. The van der Waals surface area contributed by atoms with Crippen LogP contribution in [0, 0.1) is 0 Å². The van der Waals surface area contributed by atoms with Crippen molar-refractivity contribution in [2.45, 2.75) is 13.5 Å². The van der Waals surface area contributed by atoms with Gasteiger partial charge in [0.1, 0.15) is 11.5 Å². The first kappa shape index (κ1) is 16.3. The highest BCUT2D eigenvalue weighted by Crippen LogP contribution is 2.17. The third kappa shape index (κ3) is 4.44. The van der Waals surface area contributed by atoms with Crippen LogP contribution in [0.15, 0.2) is 52.2 Å². The van der Waals surface area contributed by atoms with E-state index in [2.05, 4.69) is 15.8 Å². The third-order valence-electron chi connectivity index (χ3n) is 3.03. The first-order valence-electron chi connectivity index (χ1n) is 6.90. The molecule has 0 unspecified atom stereocenters. The van der Waals surface area contributed by atoms with Gasteiger partial charge in [-0.1, -0.05) is 12.1 Å². The van der Waals surface area contributed by atoms with Gasteiger partial charge < -0.3 is 14.5 Å². The highest BCUT2D eigenvalue weighted by molar-refractivity contribution is 6.35. The van der Waals surface area contributed by atoms with Gasteiger partial charge in [-0.25, -0.2) is 5.43 Å². The summed E-state index contributed by atoms with van der Waals surface area (Å²) in [7, 11) is 1.55. The second kappa shape index (κ2) is 7.79. The lowest BCUT2D eigenvalue weighted by molar-refractivity contribution is -0.139. The van der Waals surface area contributed by atoms with E-state index in [1.54, 1.807) is 38.3 Å². The lowest BCUT2D eigenvalue weighted by Crippen LogP contribution is -2.37. The summed E-state index contributed by atoms with van der Waals surface area (Å²) in [6.07, 6.45) is 1.49. The zero-order valence-corrected chi connectivity index (χ0v) is 12.8. The van der Waals surface area contributed by atoms with Crippen molar-refractivity contribution in [2.24, 2.45) is 5.10 Å². The Kier molecular flexibility index (Phi) is 5.51. The van der Waals surface area contributed by atoms with Gasteiger partial charge in [0.15, 0.2) is 0 Å². The second-order valence-electron chi connectivity index (χ2n) is 4.60. The molecule has 0 fully saturated rings. The largest absolute Gasteiger partial charge is 0.496 e. The van der Waals surface area contributed by atoms with Crippen molar-refractivity contribution in [1.29, 1.82) is 0 Å². The van der Waals surface area contributed by atoms with E-state index in [0.717, 1.165) is 5.56 Å². The number of hydrogen-bond acceptors (Lipinski definition) is 5. The predicted octanol–water partition coefficient (Wildman–Crippen LogP) is 1.44. The van der Waals surface area contributed by atoms with Crippen molar-refractivity contribution >= 4 is 17.5 Å². The predicted molar refractivity (Wildman–Crippen MR) is 83.9 cm³/mol. The minimum Gasteiger partial charge on any atom is -0.496 e. The second-order valence-corrected chi connectivity index (χ2v) is 4.60. The maximum atomic E-state index is 11.7. The highest BCUT2D eigenvalue weighted by Gasteiger charge is 2.13. The van der Waals surface area contributed by atoms with Crippen molar-refractivity contribution in [2.75, 3.05) is 7.11 Å². The van der Waals surface area contributed by atoms with Crippen LogP contribution >= 0.6 is 0 Å². The number of nitrogens with one attached hydrogen (secondary N) is 2. The number of nitrogens with zero attached hydrogens (tertiary/aromatic N) is 1. The van der Waals surface area contributed by atoms with Crippen molar-refractivity contribution in [3.8, 4) is 5.75 Å². The molecule has 120 valence electrons. The van der Waals surface area contributed by atoms with E-state index < -0.39 is 11.8 Å². The Balaban J connectivity index is 1.92. The molecule has 0 aliphatic heterocycles. The molecule has 2 amide bonds. The van der Waals surface area contributed by atoms with Gasteiger partial charge in [0.25, 0.3) is 0 Å². The Morgan fingerprint density at radius 3 is 2.65 bits per heavy atom. The molecular formula is C16H17N3O4. The van der Waals surface area contributed by atoms with Gasteiger partial charge >= 0.3 is 11.8 Å². The Hall–Kier alpha value is -3.09. The summed E-state index contributed by atoms with van der Waals surface area (Å²) < 4.78 is 10.3. The van der Waals surface area contributed by atoms with Gasteiger partial charge in [-0.15, -0.1) is 0 Å². The molecule has 2 rings (SSSR count). The zero-order chi connectivity index (χ0) is 16.7.